The molecule has 0 aromatic heterocycles. The minimum Gasteiger partial charge on any atom is -0.396 e. The Morgan fingerprint density at radius 1 is 1.10 bits per heavy atom. The normalized spacial score (nSPS) is 45.2. The van der Waals surface area contributed by atoms with Crippen LogP contribution in [0.25, 0.3) is 0 Å². The fourth-order valence-corrected chi connectivity index (χ4v) is 8.49. The van der Waals surface area contributed by atoms with Crippen molar-refractivity contribution in [1.29, 1.82) is 0 Å². The van der Waals surface area contributed by atoms with E-state index in [4.69, 9.17) is 0 Å². The molecule has 0 heterocycles. The van der Waals surface area contributed by atoms with Crippen LogP contribution in [0.5, 0.6) is 0 Å². The van der Waals surface area contributed by atoms with Crippen LogP contribution in [0.3, 0.4) is 0 Å². The Morgan fingerprint density at radius 3 is 2.60 bits per heavy atom. The molecule has 0 radical (unpaired) electrons. The third kappa shape index (κ3) is 3.62. The van der Waals surface area contributed by atoms with Crippen LogP contribution in [-0.4, -0.2) is 28.7 Å². The predicted molar refractivity (Wildman–Crippen MR) is 121 cm³/mol. The van der Waals surface area contributed by atoms with E-state index >= 15 is 0 Å². The molecule has 4 aliphatic carbocycles. The lowest BCUT2D eigenvalue weighted by atomic mass is 9.47. The first-order chi connectivity index (χ1) is 14.2. The van der Waals surface area contributed by atoms with E-state index in [0.29, 0.717) is 35.4 Å². The van der Waals surface area contributed by atoms with Crippen LogP contribution in [0, 0.1) is 46.3 Å². The maximum Gasteiger partial charge on any atom is 0.137 e. The maximum absolute atomic E-state index is 13.3. The molecule has 0 aromatic carbocycles. The Bertz CT molecular complexity index is 684. The molecule has 0 saturated heterocycles. The van der Waals surface area contributed by atoms with Gasteiger partial charge in [-0.15, -0.1) is 0 Å². The van der Waals surface area contributed by atoms with Gasteiger partial charge in [-0.3, -0.25) is 4.79 Å². The summed E-state index contributed by atoms with van der Waals surface area (Å²) in [5.41, 5.74) is 1.92. The number of carbonyl (C=O) groups excluding carboxylic acids is 1. The Kier molecular flexibility index (Phi) is 6.27. The largest absolute Gasteiger partial charge is 0.396 e. The highest BCUT2D eigenvalue weighted by Gasteiger charge is 2.61. The minimum absolute atomic E-state index is 0.151. The van der Waals surface area contributed by atoms with E-state index in [2.05, 4.69) is 33.8 Å². The standard InChI is InChI=1S/C27H44O3/c1-17(16-28)6-5-7-18(2)25-24(30)15-23-21-9-8-19-14-20(29)10-12-26(19,3)22(21)11-13-27(23,25)4/h8,17-18,20-23,25,28-29H,5-7,9-16H2,1-4H3. The molecule has 3 fully saturated rings. The molecule has 9 atom stereocenters. The first-order valence-corrected chi connectivity index (χ1v) is 12.7. The van der Waals surface area contributed by atoms with Crippen LogP contribution < -0.4 is 0 Å². The fourth-order valence-electron chi connectivity index (χ4n) is 8.49. The van der Waals surface area contributed by atoms with Gasteiger partial charge in [0.1, 0.15) is 5.78 Å². The van der Waals surface area contributed by atoms with Crippen LogP contribution >= 0.6 is 0 Å². The summed E-state index contributed by atoms with van der Waals surface area (Å²) >= 11 is 0. The Labute approximate surface area is 183 Å². The summed E-state index contributed by atoms with van der Waals surface area (Å²) in [6.07, 6.45) is 12.9. The highest BCUT2D eigenvalue weighted by Crippen LogP contribution is 2.66. The zero-order chi connectivity index (χ0) is 21.7. The molecule has 170 valence electrons. The fraction of sp³-hybridized carbons (Fsp3) is 0.889. The van der Waals surface area contributed by atoms with Crippen molar-refractivity contribution in [3.63, 3.8) is 0 Å². The SMILES string of the molecule is CC(CO)CCCC(C)C1C(=O)CC2C3CC=C4CC(O)CCC4(C)C3CCC21C. The second-order valence-electron chi connectivity index (χ2n) is 12.0. The Balaban J connectivity index is 1.51. The lowest BCUT2D eigenvalue weighted by molar-refractivity contribution is -0.124. The topological polar surface area (TPSA) is 57.5 Å². The van der Waals surface area contributed by atoms with Crippen LogP contribution in [0.4, 0.5) is 0 Å². The van der Waals surface area contributed by atoms with Crippen molar-refractivity contribution in [2.75, 3.05) is 6.61 Å². The zero-order valence-electron chi connectivity index (χ0n) is 19.7. The van der Waals surface area contributed by atoms with E-state index in [9.17, 15) is 15.0 Å². The average molecular weight is 417 g/mol. The summed E-state index contributed by atoms with van der Waals surface area (Å²) in [6, 6.07) is 0. The van der Waals surface area contributed by atoms with Crippen molar-refractivity contribution >= 4 is 5.78 Å². The molecule has 4 rings (SSSR count). The van der Waals surface area contributed by atoms with Crippen molar-refractivity contribution in [2.24, 2.45) is 46.3 Å². The second kappa shape index (κ2) is 8.35. The monoisotopic (exact) mass is 416 g/mol. The smallest absolute Gasteiger partial charge is 0.137 e. The number of hydrogen-bond acceptors (Lipinski definition) is 3. The predicted octanol–water partition coefficient (Wildman–Crippen LogP) is 5.54. The van der Waals surface area contributed by atoms with Crippen molar-refractivity contribution in [1.82, 2.24) is 0 Å². The van der Waals surface area contributed by atoms with Gasteiger partial charge in [-0.1, -0.05) is 45.8 Å². The summed E-state index contributed by atoms with van der Waals surface area (Å²) in [6.45, 7) is 9.60. The van der Waals surface area contributed by atoms with Gasteiger partial charge in [0, 0.05) is 18.9 Å². The third-order valence-electron chi connectivity index (χ3n) is 10.2. The number of rotatable bonds is 6. The number of allylic oxidation sites excluding steroid dienone is 1. The molecule has 4 aliphatic rings. The minimum atomic E-state index is -0.151. The highest BCUT2D eigenvalue weighted by atomic mass is 16.3. The summed E-state index contributed by atoms with van der Waals surface area (Å²) in [5.74, 6) is 3.44. The molecule has 9 unspecified atom stereocenters. The van der Waals surface area contributed by atoms with Crippen LogP contribution in [-0.2, 0) is 4.79 Å². The number of fused-ring (bicyclic) bond motifs is 5. The first kappa shape index (κ1) is 22.5. The highest BCUT2D eigenvalue weighted by molar-refractivity contribution is 5.85. The van der Waals surface area contributed by atoms with Crippen LogP contribution in [0.15, 0.2) is 11.6 Å². The summed E-state index contributed by atoms with van der Waals surface area (Å²) in [7, 11) is 0. The van der Waals surface area contributed by atoms with Crippen molar-refractivity contribution in [3.05, 3.63) is 11.6 Å². The van der Waals surface area contributed by atoms with E-state index in [0.717, 1.165) is 51.4 Å². The molecule has 3 nitrogen and oxygen atoms in total. The van der Waals surface area contributed by atoms with E-state index in [1.54, 1.807) is 0 Å². The molecule has 0 aliphatic heterocycles. The van der Waals surface area contributed by atoms with Gasteiger partial charge in [0.05, 0.1) is 6.10 Å². The van der Waals surface area contributed by atoms with Gasteiger partial charge >= 0.3 is 0 Å². The molecule has 0 amide bonds. The number of Topliss-reactive ketones (excluding diaryl/α,β-unsaturated/α-hetero) is 1. The van der Waals surface area contributed by atoms with Crippen LogP contribution in [0.1, 0.15) is 91.9 Å². The second-order valence-corrected chi connectivity index (χ2v) is 12.0. The number of carbonyl (C=O) groups is 1. The summed E-state index contributed by atoms with van der Waals surface area (Å²) in [4.78, 5) is 13.3. The molecule has 3 heteroatoms. The molecule has 0 bridgehead atoms. The number of aliphatic hydroxyl groups is 2. The number of aliphatic hydroxyl groups excluding tert-OH is 2. The number of ketones is 1. The van der Waals surface area contributed by atoms with Crippen molar-refractivity contribution in [3.8, 4) is 0 Å². The molecule has 0 aromatic rings. The first-order valence-electron chi connectivity index (χ1n) is 12.7. The summed E-state index contributed by atoms with van der Waals surface area (Å²) in [5, 5.41) is 19.5. The van der Waals surface area contributed by atoms with Crippen molar-refractivity contribution in [2.45, 2.75) is 98.0 Å². The van der Waals surface area contributed by atoms with Gasteiger partial charge in [-0.25, -0.2) is 0 Å². The molecule has 30 heavy (non-hydrogen) atoms. The van der Waals surface area contributed by atoms with E-state index in [1.807, 2.05) is 0 Å². The Hall–Kier alpha value is -0.670. The molecule has 2 N–H and O–H groups in total. The zero-order valence-corrected chi connectivity index (χ0v) is 19.7. The average Bonchev–Trinajstić information content (AvgIpc) is 2.98. The van der Waals surface area contributed by atoms with E-state index in [-0.39, 0.29) is 29.5 Å². The number of hydrogen-bond donors (Lipinski definition) is 2. The molecular formula is C27H44O3. The molecular weight excluding hydrogens is 372 g/mol. The van der Waals surface area contributed by atoms with Gasteiger partial charge in [-0.05, 0) is 91.8 Å². The molecule has 0 spiro atoms. The maximum atomic E-state index is 13.3. The van der Waals surface area contributed by atoms with Crippen molar-refractivity contribution < 1.29 is 15.0 Å². The lowest BCUT2D eigenvalue weighted by Gasteiger charge is -2.58. The van der Waals surface area contributed by atoms with E-state index < -0.39 is 0 Å². The third-order valence-corrected chi connectivity index (χ3v) is 10.2. The molecule has 3 saturated carbocycles. The van der Waals surface area contributed by atoms with Gasteiger partial charge in [0.15, 0.2) is 0 Å². The summed E-state index contributed by atoms with van der Waals surface area (Å²) < 4.78 is 0. The van der Waals surface area contributed by atoms with E-state index in [1.165, 1.54) is 18.4 Å². The van der Waals surface area contributed by atoms with Crippen LogP contribution in [0.2, 0.25) is 0 Å². The van der Waals surface area contributed by atoms with Gasteiger partial charge in [0.2, 0.25) is 0 Å². The van der Waals surface area contributed by atoms with Gasteiger partial charge in [0.25, 0.3) is 0 Å². The Morgan fingerprint density at radius 2 is 1.87 bits per heavy atom. The quantitative estimate of drug-likeness (QED) is 0.559. The van der Waals surface area contributed by atoms with Gasteiger partial charge < -0.3 is 10.2 Å². The lowest BCUT2D eigenvalue weighted by Crippen LogP contribution is -2.51. The van der Waals surface area contributed by atoms with Gasteiger partial charge in [-0.2, -0.15) is 0 Å².